The second kappa shape index (κ2) is 3.01. The number of hydrogen-bond donors (Lipinski definition) is 1. The molecule has 11 heavy (non-hydrogen) atoms. The molecule has 0 amide bonds. The van der Waals surface area contributed by atoms with Crippen LogP contribution in [-0.4, -0.2) is 10.1 Å². The van der Waals surface area contributed by atoms with Crippen LogP contribution in [0.1, 0.15) is 22.5 Å². The Morgan fingerprint density at radius 2 is 2.00 bits per heavy atom. The molecule has 1 aromatic rings. The van der Waals surface area contributed by atoms with Crippen LogP contribution in [-0.2, 0) is 6.61 Å². The minimum Gasteiger partial charge on any atom is -0.390 e. The Bertz CT molecular complexity index is 245. The van der Waals surface area contributed by atoms with Gasteiger partial charge in [-0.05, 0) is 38.0 Å². The van der Waals surface area contributed by atoms with Gasteiger partial charge in [-0.15, -0.1) is 0 Å². The molecule has 0 fully saturated rings. The van der Waals surface area contributed by atoms with E-state index in [0.717, 1.165) is 11.4 Å². The van der Waals surface area contributed by atoms with Crippen molar-refractivity contribution < 1.29 is 5.11 Å². The zero-order valence-corrected chi connectivity index (χ0v) is 7.18. The molecule has 0 saturated carbocycles. The largest absolute Gasteiger partial charge is 0.390 e. The first kappa shape index (κ1) is 8.21. The summed E-state index contributed by atoms with van der Waals surface area (Å²) >= 11 is 0. The van der Waals surface area contributed by atoms with Gasteiger partial charge in [0.05, 0.1) is 12.3 Å². The highest BCUT2D eigenvalue weighted by molar-refractivity contribution is 5.29. The molecule has 1 aromatic heterocycles. The monoisotopic (exact) mass is 151 g/mol. The third-order valence-corrected chi connectivity index (χ3v) is 1.99. The van der Waals surface area contributed by atoms with Gasteiger partial charge < -0.3 is 5.11 Å². The van der Waals surface area contributed by atoms with Crippen LogP contribution in [0.25, 0.3) is 0 Å². The molecule has 0 unspecified atom stereocenters. The first-order valence-corrected chi connectivity index (χ1v) is 3.69. The van der Waals surface area contributed by atoms with E-state index < -0.39 is 0 Å². The molecule has 0 aliphatic rings. The lowest BCUT2D eigenvalue weighted by molar-refractivity contribution is 0.276. The van der Waals surface area contributed by atoms with Gasteiger partial charge in [0.2, 0.25) is 0 Å². The van der Waals surface area contributed by atoms with Gasteiger partial charge in [0.15, 0.2) is 0 Å². The maximum atomic E-state index is 8.81. The predicted molar refractivity (Wildman–Crippen MR) is 44.4 cm³/mol. The number of nitrogens with zero attached hydrogens (tertiary/aromatic N) is 1. The topological polar surface area (TPSA) is 33.1 Å². The van der Waals surface area contributed by atoms with Crippen molar-refractivity contribution in [2.24, 2.45) is 0 Å². The Morgan fingerprint density at radius 1 is 1.36 bits per heavy atom. The van der Waals surface area contributed by atoms with Gasteiger partial charge in [-0.2, -0.15) is 0 Å². The van der Waals surface area contributed by atoms with E-state index in [4.69, 9.17) is 5.11 Å². The highest BCUT2D eigenvalue weighted by Crippen LogP contribution is 2.11. The summed E-state index contributed by atoms with van der Waals surface area (Å²) in [5, 5.41) is 8.81. The zero-order valence-electron chi connectivity index (χ0n) is 7.18. The molecular formula is C9H13NO. The van der Waals surface area contributed by atoms with Crippen molar-refractivity contribution in [3.8, 4) is 0 Å². The van der Waals surface area contributed by atoms with E-state index in [1.54, 1.807) is 0 Å². The molecule has 0 aromatic carbocycles. The van der Waals surface area contributed by atoms with Gasteiger partial charge in [-0.3, -0.25) is 4.98 Å². The molecular weight excluding hydrogens is 138 g/mol. The molecule has 2 heteroatoms. The Kier molecular flexibility index (Phi) is 2.25. The molecule has 2 nitrogen and oxygen atoms in total. The molecule has 0 radical (unpaired) electrons. The first-order chi connectivity index (χ1) is 5.15. The van der Waals surface area contributed by atoms with E-state index in [1.807, 2.05) is 26.8 Å². The van der Waals surface area contributed by atoms with Crippen molar-refractivity contribution in [3.05, 3.63) is 28.6 Å². The number of aliphatic hydroxyl groups is 1. The molecule has 0 aliphatic carbocycles. The van der Waals surface area contributed by atoms with E-state index in [9.17, 15) is 0 Å². The Labute approximate surface area is 66.9 Å². The van der Waals surface area contributed by atoms with Crippen LogP contribution in [0.4, 0.5) is 0 Å². The lowest BCUT2D eigenvalue weighted by atomic mass is 10.1. The summed E-state index contributed by atoms with van der Waals surface area (Å²) in [5.74, 6) is 0. The van der Waals surface area contributed by atoms with Gasteiger partial charge in [0, 0.05) is 5.69 Å². The predicted octanol–water partition coefficient (Wildman–Crippen LogP) is 1.50. The maximum absolute atomic E-state index is 8.81. The SMILES string of the molecule is Cc1cc(CO)nc(C)c1C. The summed E-state index contributed by atoms with van der Waals surface area (Å²) < 4.78 is 0. The fourth-order valence-electron chi connectivity index (χ4n) is 1.06. The van der Waals surface area contributed by atoms with Crippen molar-refractivity contribution in [2.45, 2.75) is 27.4 Å². The first-order valence-electron chi connectivity index (χ1n) is 3.69. The van der Waals surface area contributed by atoms with Crippen molar-refractivity contribution in [1.29, 1.82) is 0 Å². The summed E-state index contributed by atoms with van der Waals surface area (Å²) in [5.41, 5.74) is 4.17. The van der Waals surface area contributed by atoms with Crippen LogP contribution in [0.2, 0.25) is 0 Å². The fourth-order valence-corrected chi connectivity index (χ4v) is 1.06. The van der Waals surface area contributed by atoms with E-state index in [1.165, 1.54) is 11.1 Å². The molecule has 60 valence electrons. The van der Waals surface area contributed by atoms with Gasteiger partial charge in [0.1, 0.15) is 0 Å². The average molecular weight is 151 g/mol. The maximum Gasteiger partial charge on any atom is 0.0853 e. The van der Waals surface area contributed by atoms with Gasteiger partial charge in [-0.1, -0.05) is 0 Å². The Morgan fingerprint density at radius 3 is 2.45 bits per heavy atom. The van der Waals surface area contributed by atoms with Gasteiger partial charge in [-0.25, -0.2) is 0 Å². The second-order valence-electron chi connectivity index (χ2n) is 2.80. The van der Waals surface area contributed by atoms with Crippen molar-refractivity contribution >= 4 is 0 Å². The van der Waals surface area contributed by atoms with Crippen LogP contribution >= 0.6 is 0 Å². The number of aliphatic hydroxyl groups excluding tert-OH is 1. The summed E-state index contributed by atoms with van der Waals surface area (Å²) in [6.45, 7) is 6.06. The fraction of sp³-hybridized carbons (Fsp3) is 0.444. The number of hydrogen-bond acceptors (Lipinski definition) is 2. The Balaban J connectivity index is 3.21. The van der Waals surface area contributed by atoms with Crippen molar-refractivity contribution in [1.82, 2.24) is 4.98 Å². The molecule has 0 aliphatic heterocycles. The lowest BCUT2D eigenvalue weighted by Gasteiger charge is -2.05. The van der Waals surface area contributed by atoms with Crippen LogP contribution in [0.15, 0.2) is 6.07 Å². The van der Waals surface area contributed by atoms with Crippen LogP contribution in [0.3, 0.4) is 0 Å². The molecule has 1 rings (SSSR count). The quantitative estimate of drug-likeness (QED) is 0.659. The standard InChI is InChI=1S/C9H13NO/c1-6-4-9(5-11)10-8(3)7(6)2/h4,11H,5H2,1-3H3. The number of rotatable bonds is 1. The summed E-state index contributed by atoms with van der Waals surface area (Å²) in [7, 11) is 0. The minimum atomic E-state index is 0.0297. The molecule has 0 saturated heterocycles. The lowest BCUT2D eigenvalue weighted by Crippen LogP contribution is -1.96. The number of aromatic nitrogens is 1. The third kappa shape index (κ3) is 1.57. The highest BCUT2D eigenvalue weighted by Gasteiger charge is 2.00. The molecule has 1 heterocycles. The van der Waals surface area contributed by atoms with Gasteiger partial charge >= 0.3 is 0 Å². The smallest absolute Gasteiger partial charge is 0.0853 e. The van der Waals surface area contributed by atoms with E-state index in [-0.39, 0.29) is 6.61 Å². The summed E-state index contributed by atoms with van der Waals surface area (Å²) in [6, 6.07) is 1.92. The van der Waals surface area contributed by atoms with E-state index in [2.05, 4.69) is 4.98 Å². The van der Waals surface area contributed by atoms with Crippen LogP contribution < -0.4 is 0 Å². The zero-order chi connectivity index (χ0) is 8.43. The van der Waals surface area contributed by atoms with Crippen LogP contribution in [0, 0.1) is 20.8 Å². The second-order valence-corrected chi connectivity index (χ2v) is 2.80. The molecule has 0 bridgehead atoms. The minimum absolute atomic E-state index is 0.0297. The Hall–Kier alpha value is -0.890. The molecule has 0 spiro atoms. The van der Waals surface area contributed by atoms with E-state index >= 15 is 0 Å². The number of aryl methyl sites for hydroxylation is 2. The molecule has 1 N–H and O–H groups in total. The van der Waals surface area contributed by atoms with Gasteiger partial charge in [0.25, 0.3) is 0 Å². The van der Waals surface area contributed by atoms with Crippen molar-refractivity contribution in [2.75, 3.05) is 0 Å². The van der Waals surface area contributed by atoms with E-state index in [0.29, 0.717) is 0 Å². The van der Waals surface area contributed by atoms with Crippen LogP contribution in [0.5, 0.6) is 0 Å². The summed E-state index contributed by atoms with van der Waals surface area (Å²) in [6.07, 6.45) is 0. The van der Waals surface area contributed by atoms with Crippen molar-refractivity contribution in [3.63, 3.8) is 0 Å². The number of pyridine rings is 1. The summed E-state index contributed by atoms with van der Waals surface area (Å²) in [4.78, 5) is 4.20. The highest BCUT2D eigenvalue weighted by atomic mass is 16.3. The normalized spacial score (nSPS) is 10.2. The third-order valence-electron chi connectivity index (χ3n) is 1.99. The molecule has 0 atom stereocenters. The average Bonchev–Trinajstić information content (AvgIpc) is 1.99.